The molecule has 8 rings (SSSR count). The van der Waals surface area contributed by atoms with Crippen LogP contribution in [0.25, 0.3) is 22.3 Å². The third kappa shape index (κ3) is 106. The van der Waals surface area contributed by atoms with E-state index in [-0.39, 0.29) is 14.9 Å². The standard InChI is InChI=1S/C13H10O.C12H10.4C7H8.2C3H9N.3C2H4O.8C2H6.2CH4/c14-10-11-6-8-13(9-7-11)12-4-2-1-3-5-12;1-3-7-11(8-4-1)12-9-5-2-6-10-12;4*1-7-5-3-2-4-6-7;2*1-4(2)3;3*1-2-3;8*1-2;;/h1-10H;1-10H;4*2-6H,1H3;2*1-3H3;3*2H,1H3;8*1-2H3;2*1H4. The van der Waals surface area contributed by atoms with Crippen molar-refractivity contribution in [1.29, 1.82) is 0 Å². The summed E-state index contributed by atoms with van der Waals surface area (Å²) in [6.07, 6.45) is 3.11. The molecule has 0 bridgehead atoms. The second-order valence-corrected chi connectivity index (χ2v) is 15.8. The molecule has 0 saturated carbocycles. The predicted molar refractivity (Wildman–Crippen MR) is 413 cm³/mol. The van der Waals surface area contributed by atoms with Crippen LogP contribution in [-0.4, -0.2) is 77.2 Å². The zero-order valence-electron chi connectivity index (χ0n) is 60.9. The van der Waals surface area contributed by atoms with E-state index in [0.29, 0.717) is 5.56 Å². The van der Waals surface area contributed by atoms with E-state index in [1.807, 2.05) is 290 Å². The van der Waals surface area contributed by atoms with Crippen molar-refractivity contribution in [3.8, 4) is 22.3 Å². The minimum Gasteiger partial charge on any atom is -0.312 e. The zero-order chi connectivity index (χ0) is 69.8. The molecule has 0 radical (unpaired) electrons. The first kappa shape index (κ1) is 112. The predicted octanol–water partition coefficient (Wildman–Crippen LogP) is 25.0. The Balaban J connectivity index is -0.0000000651. The van der Waals surface area contributed by atoms with E-state index in [4.69, 9.17) is 14.4 Å². The van der Waals surface area contributed by atoms with Gasteiger partial charge in [0, 0.05) is 5.56 Å². The van der Waals surface area contributed by atoms with Crippen molar-refractivity contribution < 1.29 is 19.2 Å². The molecule has 504 valence electrons. The second-order valence-electron chi connectivity index (χ2n) is 15.8. The Labute approximate surface area is 554 Å². The van der Waals surface area contributed by atoms with Gasteiger partial charge in [-0.3, -0.25) is 4.79 Å². The molecule has 0 heterocycles. The number of nitrogens with zero attached hydrogens (tertiary/aromatic N) is 2. The van der Waals surface area contributed by atoms with Gasteiger partial charge in [-0.2, -0.15) is 0 Å². The van der Waals surface area contributed by atoms with E-state index < -0.39 is 0 Å². The number of carbonyl (C=O) groups is 4. The molecule has 0 aliphatic rings. The number of aldehydes is 4. The van der Waals surface area contributed by atoms with Crippen molar-refractivity contribution in [3.63, 3.8) is 0 Å². The number of carbonyl (C=O) groups excluding carboxylic acids is 4. The van der Waals surface area contributed by atoms with Gasteiger partial charge in [-0.15, -0.1) is 0 Å². The summed E-state index contributed by atoms with van der Waals surface area (Å²) in [4.78, 5) is 40.9. The third-order valence-corrected chi connectivity index (χ3v) is 7.80. The number of aryl methyl sites for hydroxylation is 4. The van der Waals surface area contributed by atoms with E-state index in [2.05, 4.69) is 137 Å². The van der Waals surface area contributed by atoms with Gasteiger partial charge in [-0.25, -0.2) is 0 Å². The van der Waals surface area contributed by atoms with Crippen molar-refractivity contribution in [2.45, 2.75) is 174 Å². The summed E-state index contributed by atoms with van der Waals surface area (Å²) >= 11 is 0. The van der Waals surface area contributed by atoms with Gasteiger partial charge in [0.25, 0.3) is 0 Å². The van der Waals surface area contributed by atoms with Crippen LogP contribution in [0.4, 0.5) is 0 Å². The van der Waals surface area contributed by atoms with Crippen LogP contribution in [0.1, 0.15) is 179 Å². The maximum atomic E-state index is 10.5. The van der Waals surface area contributed by atoms with Gasteiger partial charge in [0.15, 0.2) is 0 Å². The van der Waals surface area contributed by atoms with Crippen LogP contribution in [0.5, 0.6) is 0 Å². The normalized spacial score (nSPS) is 7.36. The summed E-state index contributed by atoms with van der Waals surface area (Å²) in [5, 5.41) is 0. The van der Waals surface area contributed by atoms with Gasteiger partial charge in [-0.05, 0) is 113 Å². The first-order chi connectivity index (χ1) is 42.1. The molecule has 0 atom stereocenters. The lowest BCUT2D eigenvalue weighted by Gasteiger charge is -2.00. The highest BCUT2D eigenvalue weighted by molar-refractivity contribution is 5.76. The molecule has 0 saturated heterocycles. The SMILES string of the molecule is C.C.CC.CC.CC.CC.CC.CC.CC.CC.CC=O.CC=O.CC=O.CN(C)C.CN(C)C.Cc1ccccc1.Cc1ccccc1.Cc1ccccc1.Cc1ccccc1.O=Cc1ccc(-c2ccccc2)cc1.c1ccc(-c2ccccc2)cc1. The fourth-order valence-corrected chi connectivity index (χ4v) is 4.78. The summed E-state index contributed by atoms with van der Waals surface area (Å²) in [7, 11) is 12.0. The average molecular weight is 1230 g/mol. The smallest absolute Gasteiger partial charge is 0.150 e. The van der Waals surface area contributed by atoms with Gasteiger partial charge >= 0.3 is 0 Å². The number of hydrogen-bond acceptors (Lipinski definition) is 6. The monoisotopic (exact) mass is 1230 g/mol. The maximum Gasteiger partial charge on any atom is 0.150 e. The number of hydrogen-bond donors (Lipinski definition) is 0. The van der Waals surface area contributed by atoms with Gasteiger partial charge in [0.05, 0.1) is 0 Å². The lowest BCUT2D eigenvalue weighted by Crippen LogP contribution is -1.99. The van der Waals surface area contributed by atoms with E-state index >= 15 is 0 Å². The fourth-order valence-electron chi connectivity index (χ4n) is 4.78. The first-order valence-electron chi connectivity index (χ1n) is 31.3. The Morgan fingerprint density at radius 3 is 0.438 bits per heavy atom. The molecule has 0 aliphatic heterocycles. The summed E-state index contributed by atoms with van der Waals surface area (Å²) in [5.74, 6) is 0. The van der Waals surface area contributed by atoms with E-state index in [1.54, 1.807) is 0 Å². The van der Waals surface area contributed by atoms with Crippen molar-refractivity contribution >= 4 is 25.1 Å². The quantitative estimate of drug-likeness (QED) is 0.164. The molecule has 8 aromatic carbocycles. The van der Waals surface area contributed by atoms with E-state index in [9.17, 15) is 4.79 Å². The molecule has 89 heavy (non-hydrogen) atoms. The Morgan fingerprint density at radius 1 is 0.225 bits per heavy atom. The molecule has 0 aliphatic carbocycles. The largest absolute Gasteiger partial charge is 0.312 e. The van der Waals surface area contributed by atoms with E-state index in [1.165, 1.54) is 59.7 Å². The molecule has 6 nitrogen and oxygen atoms in total. The minimum atomic E-state index is 0. The fraction of sp³-hybridized carbons (Fsp3) is 0.373. The van der Waals surface area contributed by atoms with Crippen molar-refractivity contribution in [3.05, 3.63) is 264 Å². The molecular weight excluding hydrogens is 1090 g/mol. The number of benzene rings is 8. The Hall–Kier alpha value is -7.64. The molecule has 0 aromatic heterocycles. The van der Waals surface area contributed by atoms with Crippen LogP contribution in [0.2, 0.25) is 0 Å². The van der Waals surface area contributed by atoms with Gasteiger partial charge < -0.3 is 24.2 Å². The minimum absolute atomic E-state index is 0. The lowest BCUT2D eigenvalue weighted by molar-refractivity contribution is -0.106. The van der Waals surface area contributed by atoms with Crippen LogP contribution in [0.3, 0.4) is 0 Å². The highest BCUT2D eigenvalue weighted by Gasteiger charge is 1.96. The van der Waals surface area contributed by atoms with Gasteiger partial charge in [-0.1, -0.05) is 384 Å². The third-order valence-electron chi connectivity index (χ3n) is 7.80. The molecule has 0 N–H and O–H groups in total. The Morgan fingerprint density at radius 2 is 0.337 bits per heavy atom. The Kier molecular flexibility index (Phi) is 137. The van der Waals surface area contributed by atoms with Crippen LogP contribution in [0.15, 0.2) is 237 Å². The molecule has 6 heteroatoms. The van der Waals surface area contributed by atoms with Crippen molar-refractivity contribution in [2.24, 2.45) is 0 Å². The highest BCUT2D eigenvalue weighted by atomic mass is 16.1. The molecule has 0 spiro atoms. The van der Waals surface area contributed by atoms with Crippen LogP contribution < -0.4 is 0 Å². The van der Waals surface area contributed by atoms with E-state index in [0.717, 1.165) is 30.7 Å². The average Bonchev–Trinajstić information content (AvgIpc) is 3.57. The summed E-state index contributed by atoms with van der Waals surface area (Å²) in [5.41, 5.74) is 10.9. The summed E-state index contributed by atoms with van der Waals surface area (Å²) in [6, 6.07) is 79.5. The van der Waals surface area contributed by atoms with Crippen molar-refractivity contribution in [1.82, 2.24) is 9.80 Å². The van der Waals surface area contributed by atoms with Crippen LogP contribution in [0, 0.1) is 27.7 Å². The number of rotatable bonds is 3. The van der Waals surface area contributed by atoms with Crippen LogP contribution in [-0.2, 0) is 14.4 Å². The molecular formula is C83H138N2O4. The van der Waals surface area contributed by atoms with Gasteiger partial charge in [0.2, 0.25) is 0 Å². The summed E-state index contributed by atoms with van der Waals surface area (Å²) in [6.45, 7) is 44.7. The molecule has 0 amide bonds. The molecule has 8 aromatic rings. The second kappa shape index (κ2) is 108. The molecule has 0 fully saturated rings. The Bertz CT molecular complexity index is 2120. The lowest BCUT2D eigenvalue weighted by atomic mass is 10.0. The highest BCUT2D eigenvalue weighted by Crippen LogP contribution is 2.19. The molecule has 0 unspecified atom stereocenters. The van der Waals surface area contributed by atoms with Gasteiger partial charge in [0.1, 0.15) is 25.1 Å². The topological polar surface area (TPSA) is 74.8 Å². The summed E-state index contributed by atoms with van der Waals surface area (Å²) < 4.78 is 0. The first-order valence-corrected chi connectivity index (χ1v) is 31.3. The zero-order valence-corrected chi connectivity index (χ0v) is 60.9. The van der Waals surface area contributed by atoms with Crippen molar-refractivity contribution in [2.75, 3.05) is 42.3 Å². The maximum absolute atomic E-state index is 10.5. The van der Waals surface area contributed by atoms with Crippen LogP contribution >= 0.6 is 0 Å².